The molecule has 1 aliphatic rings. The van der Waals surface area contributed by atoms with Crippen LogP contribution < -0.4 is 11.1 Å². The molecule has 6 heteroatoms. The van der Waals surface area contributed by atoms with Crippen molar-refractivity contribution in [3.8, 4) is 0 Å². The Labute approximate surface area is 137 Å². The monoisotopic (exact) mass is 314 g/mol. The zero-order valence-corrected chi connectivity index (χ0v) is 13.8. The van der Waals surface area contributed by atoms with E-state index in [9.17, 15) is 0 Å². The van der Waals surface area contributed by atoms with Crippen molar-refractivity contribution in [3.05, 3.63) is 41.2 Å². The molecule has 3 rings (SSSR count). The van der Waals surface area contributed by atoms with Crippen molar-refractivity contribution in [3.63, 3.8) is 0 Å². The van der Waals surface area contributed by atoms with Crippen molar-refractivity contribution in [1.29, 1.82) is 0 Å². The van der Waals surface area contributed by atoms with Crippen LogP contribution in [0.3, 0.4) is 0 Å². The summed E-state index contributed by atoms with van der Waals surface area (Å²) in [4.78, 5) is 0. The van der Waals surface area contributed by atoms with E-state index in [1.54, 1.807) is 0 Å². The molecular formula is C17H26N6. The number of benzene rings is 1. The van der Waals surface area contributed by atoms with Crippen molar-refractivity contribution in [2.24, 2.45) is 5.73 Å². The minimum Gasteiger partial charge on any atom is -0.329 e. The van der Waals surface area contributed by atoms with Crippen LogP contribution in [0.4, 0.5) is 0 Å². The summed E-state index contributed by atoms with van der Waals surface area (Å²) in [5.74, 6) is 0.899. The fourth-order valence-corrected chi connectivity index (χ4v) is 3.41. The molecule has 1 unspecified atom stereocenters. The fourth-order valence-electron chi connectivity index (χ4n) is 3.41. The summed E-state index contributed by atoms with van der Waals surface area (Å²) in [5.41, 5.74) is 8.12. The summed E-state index contributed by atoms with van der Waals surface area (Å²) in [6.07, 6.45) is 6.16. The first kappa shape index (κ1) is 16.1. The van der Waals surface area contributed by atoms with Gasteiger partial charge in [-0.05, 0) is 35.8 Å². The smallest absolute Gasteiger partial charge is 0.173 e. The summed E-state index contributed by atoms with van der Waals surface area (Å²) < 4.78 is 2.04. The van der Waals surface area contributed by atoms with Crippen LogP contribution in [-0.2, 0) is 0 Å². The quantitative estimate of drug-likeness (QED) is 0.853. The van der Waals surface area contributed by atoms with Crippen LogP contribution >= 0.6 is 0 Å². The Hall–Kier alpha value is -1.79. The highest BCUT2D eigenvalue weighted by Crippen LogP contribution is 2.30. The van der Waals surface area contributed by atoms with Crippen LogP contribution in [0, 0.1) is 6.92 Å². The Morgan fingerprint density at radius 1 is 1.30 bits per heavy atom. The molecule has 1 aromatic carbocycles. The van der Waals surface area contributed by atoms with Crippen LogP contribution in [0.15, 0.2) is 24.3 Å². The van der Waals surface area contributed by atoms with Gasteiger partial charge in [0.1, 0.15) is 0 Å². The number of nitrogens with one attached hydrogen (secondary N) is 1. The first-order valence-electron chi connectivity index (χ1n) is 8.57. The van der Waals surface area contributed by atoms with Gasteiger partial charge in [-0.2, -0.15) is 0 Å². The standard InChI is InChI=1S/C17H26N6/c1-13-6-5-7-14(12-13)16(19-11-10-18)17-20-21-22-23(17)15-8-3-2-4-9-15/h5-7,12,15-16,19H,2-4,8-11,18H2,1H3. The Bertz CT molecular complexity index is 617. The molecule has 1 saturated carbocycles. The van der Waals surface area contributed by atoms with Crippen molar-refractivity contribution < 1.29 is 0 Å². The van der Waals surface area contributed by atoms with E-state index in [0.29, 0.717) is 12.6 Å². The second-order valence-electron chi connectivity index (χ2n) is 6.36. The minimum absolute atomic E-state index is 0.0182. The normalized spacial score (nSPS) is 17.3. The summed E-state index contributed by atoms with van der Waals surface area (Å²) in [6.45, 7) is 3.43. The molecule has 1 heterocycles. The lowest BCUT2D eigenvalue weighted by Crippen LogP contribution is -2.31. The number of nitrogens with two attached hydrogens (primary N) is 1. The second-order valence-corrected chi connectivity index (χ2v) is 6.36. The van der Waals surface area contributed by atoms with Crippen molar-refractivity contribution in [2.45, 2.75) is 51.1 Å². The van der Waals surface area contributed by atoms with E-state index in [1.807, 2.05) is 4.68 Å². The zero-order chi connectivity index (χ0) is 16.1. The highest BCUT2D eigenvalue weighted by molar-refractivity contribution is 5.29. The maximum Gasteiger partial charge on any atom is 0.173 e. The molecule has 0 radical (unpaired) electrons. The molecule has 23 heavy (non-hydrogen) atoms. The van der Waals surface area contributed by atoms with Gasteiger partial charge in [0.2, 0.25) is 0 Å². The van der Waals surface area contributed by atoms with Gasteiger partial charge >= 0.3 is 0 Å². The highest BCUT2D eigenvalue weighted by Gasteiger charge is 2.26. The summed E-state index contributed by atoms with van der Waals surface area (Å²) in [7, 11) is 0. The van der Waals surface area contributed by atoms with Crippen LogP contribution in [0.1, 0.15) is 61.1 Å². The van der Waals surface area contributed by atoms with Crippen LogP contribution in [0.5, 0.6) is 0 Å². The first-order valence-corrected chi connectivity index (χ1v) is 8.57. The zero-order valence-electron chi connectivity index (χ0n) is 13.8. The van der Waals surface area contributed by atoms with Crippen molar-refractivity contribution in [1.82, 2.24) is 25.5 Å². The molecule has 0 amide bonds. The average molecular weight is 314 g/mol. The average Bonchev–Trinajstić information content (AvgIpc) is 3.06. The lowest BCUT2D eigenvalue weighted by Gasteiger charge is -2.25. The van der Waals surface area contributed by atoms with Gasteiger partial charge in [-0.15, -0.1) is 5.10 Å². The summed E-state index contributed by atoms with van der Waals surface area (Å²) in [5, 5.41) is 16.1. The molecule has 1 atom stereocenters. The number of nitrogens with zero attached hydrogens (tertiary/aromatic N) is 4. The number of hydrogen-bond acceptors (Lipinski definition) is 5. The van der Waals surface area contributed by atoms with E-state index >= 15 is 0 Å². The van der Waals surface area contributed by atoms with E-state index in [-0.39, 0.29) is 6.04 Å². The molecule has 2 aromatic rings. The highest BCUT2D eigenvalue weighted by atomic mass is 15.6. The van der Waals surface area contributed by atoms with Gasteiger partial charge in [-0.1, -0.05) is 49.1 Å². The predicted molar refractivity (Wildman–Crippen MR) is 90.0 cm³/mol. The third-order valence-electron chi connectivity index (χ3n) is 4.57. The van der Waals surface area contributed by atoms with E-state index in [4.69, 9.17) is 5.73 Å². The number of tetrazole rings is 1. The number of aromatic nitrogens is 4. The second kappa shape index (κ2) is 7.66. The van der Waals surface area contributed by atoms with Crippen molar-refractivity contribution in [2.75, 3.05) is 13.1 Å². The predicted octanol–water partition coefficient (Wildman–Crippen LogP) is 2.12. The van der Waals surface area contributed by atoms with E-state index in [0.717, 1.165) is 25.2 Å². The molecule has 1 fully saturated rings. The molecule has 0 aliphatic heterocycles. The van der Waals surface area contributed by atoms with Crippen LogP contribution in [0.25, 0.3) is 0 Å². The lowest BCUT2D eigenvalue weighted by molar-refractivity contribution is 0.311. The minimum atomic E-state index is -0.0182. The molecular weight excluding hydrogens is 288 g/mol. The maximum atomic E-state index is 5.70. The molecule has 124 valence electrons. The molecule has 3 N–H and O–H groups in total. The van der Waals surface area contributed by atoms with Gasteiger partial charge in [0, 0.05) is 13.1 Å². The number of hydrogen-bond donors (Lipinski definition) is 2. The van der Waals surface area contributed by atoms with Gasteiger partial charge in [-0.3, -0.25) is 0 Å². The third kappa shape index (κ3) is 3.76. The Morgan fingerprint density at radius 2 is 2.13 bits per heavy atom. The van der Waals surface area contributed by atoms with E-state index in [2.05, 4.69) is 52.0 Å². The summed E-state index contributed by atoms with van der Waals surface area (Å²) >= 11 is 0. The molecule has 1 aliphatic carbocycles. The number of rotatable bonds is 6. The third-order valence-corrected chi connectivity index (χ3v) is 4.57. The Balaban J connectivity index is 1.92. The summed E-state index contributed by atoms with van der Waals surface area (Å²) in [6, 6.07) is 8.90. The molecule has 0 bridgehead atoms. The Kier molecular flexibility index (Phi) is 5.35. The van der Waals surface area contributed by atoms with Crippen molar-refractivity contribution >= 4 is 0 Å². The maximum absolute atomic E-state index is 5.70. The fraction of sp³-hybridized carbons (Fsp3) is 0.588. The van der Waals surface area contributed by atoms with Gasteiger partial charge in [0.25, 0.3) is 0 Å². The van der Waals surface area contributed by atoms with Crippen LogP contribution in [0.2, 0.25) is 0 Å². The van der Waals surface area contributed by atoms with E-state index in [1.165, 1.54) is 30.4 Å². The van der Waals surface area contributed by atoms with Gasteiger partial charge in [0.15, 0.2) is 5.82 Å². The SMILES string of the molecule is Cc1cccc(C(NCCN)c2nnnn2C2CCCCC2)c1. The first-order chi connectivity index (χ1) is 11.3. The van der Waals surface area contributed by atoms with E-state index < -0.39 is 0 Å². The largest absolute Gasteiger partial charge is 0.329 e. The van der Waals surface area contributed by atoms with Gasteiger partial charge in [0.05, 0.1) is 12.1 Å². The van der Waals surface area contributed by atoms with Gasteiger partial charge in [-0.25, -0.2) is 4.68 Å². The number of aryl methyl sites for hydroxylation is 1. The molecule has 6 nitrogen and oxygen atoms in total. The molecule has 0 spiro atoms. The Morgan fingerprint density at radius 3 is 2.87 bits per heavy atom. The molecule has 1 aromatic heterocycles. The molecule has 0 saturated heterocycles. The van der Waals surface area contributed by atoms with Gasteiger partial charge < -0.3 is 11.1 Å². The lowest BCUT2D eigenvalue weighted by atomic mass is 9.95. The van der Waals surface area contributed by atoms with Crippen LogP contribution in [-0.4, -0.2) is 33.3 Å². The topological polar surface area (TPSA) is 81.7 Å².